The van der Waals surface area contributed by atoms with E-state index in [1.807, 2.05) is 6.92 Å². The van der Waals surface area contributed by atoms with Crippen molar-refractivity contribution in [3.05, 3.63) is 18.1 Å². The molecule has 0 spiro atoms. The Balaban J connectivity index is 1.64. The second-order valence-electron chi connectivity index (χ2n) is 8.56. The topological polar surface area (TPSA) is 76.1 Å². The molecule has 3 heterocycles. The van der Waals surface area contributed by atoms with Crippen molar-refractivity contribution in [1.29, 1.82) is 0 Å². The molecular weight excluding hydrogens is 397 g/mol. The van der Waals surface area contributed by atoms with Gasteiger partial charge in [0.2, 0.25) is 0 Å². The van der Waals surface area contributed by atoms with E-state index in [2.05, 4.69) is 27.5 Å². The van der Waals surface area contributed by atoms with Crippen LogP contribution in [0.2, 0.25) is 0 Å². The molecule has 1 saturated carbocycles. The number of rotatable bonds is 9. The molecule has 3 aliphatic rings. The van der Waals surface area contributed by atoms with Crippen molar-refractivity contribution in [3.8, 4) is 0 Å². The highest BCUT2D eigenvalue weighted by molar-refractivity contribution is 5.72. The number of hydrogen-bond donors (Lipinski definition) is 2. The number of hydrogen-bond acceptors (Lipinski definition) is 6. The van der Waals surface area contributed by atoms with E-state index in [4.69, 9.17) is 4.74 Å². The highest BCUT2D eigenvalue weighted by Crippen LogP contribution is 2.40. The highest BCUT2D eigenvalue weighted by atomic mass is 19.4. The average molecular weight is 428 g/mol. The molecule has 2 bridgehead atoms. The van der Waals surface area contributed by atoms with Gasteiger partial charge in [-0.1, -0.05) is 39.5 Å². The monoisotopic (exact) mass is 428 g/mol. The van der Waals surface area contributed by atoms with Crippen molar-refractivity contribution in [2.24, 2.45) is 11.8 Å². The third-order valence-corrected chi connectivity index (χ3v) is 6.19. The fraction of sp³-hybridized carbons (Fsp3) is 0.762. The number of nitrogens with zero attached hydrogens (tertiary/aromatic N) is 2. The van der Waals surface area contributed by atoms with Crippen molar-refractivity contribution < 1.29 is 22.7 Å². The quantitative estimate of drug-likeness (QED) is 0.445. The van der Waals surface area contributed by atoms with Crippen LogP contribution in [0, 0.1) is 11.8 Å². The fourth-order valence-corrected chi connectivity index (χ4v) is 4.28. The molecule has 1 aromatic heterocycles. The Kier molecular flexibility index (Phi) is 7.21. The van der Waals surface area contributed by atoms with E-state index in [0.29, 0.717) is 18.5 Å². The second kappa shape index (κ2) is 9.49. The molecule has 0 amide bonds. The lowest BCUT2D eigenvalue weighted by Crippen LogP contribution is -2.68. The third kappa shape index (κ3) is 5.42. The molecule has 2 aliphatic heterocycles. The summed E-state index contributed by atoms with van der Waals surface area (Å²) < 4.78 is 44.2. The minimum Gasteiger partial charge on any atom is -0.441 e. The highest BCUT2D eigenvalue weighted by Gasteiger charge is 2.51. The predicted octanol–water partition coefficient (Wildman–Crippen LogP) is 4.53. The summed E-state index contributed by atoms with van der Waals surface area (Å²) in [4.78, 5) is 20.1. The number of nitrogens with one attached hydrogen (secondary N) is 2. The molecule has 1 aliphatic carbocycles. The number of carbonyl (C=O) groups is 1. The first-order valence-electron chi connectivity index (χ1n) is 10.9. The van der Waals surface area contributed by atoms with Gasteiger partial charge in [0.15, 0.2) is 11.4 Å². The second-order valence-corrected chi connectivity index (χ2v) is 8.56. The van der Waals surface area contributed by atoms with Crippen LogP contribution in [0.15, 0.2) is 12.4 Å². The fourth-order valence-electron chi connectivity index (χ4n) is 4.28. The smallest absolute Gasteiger partial charge is 0.434 e. The van der Waals surface area contributed by atoms with E-state index in [1.165, 1.54) is 0 Å². The number of alkyl halides is 3. The summed E-state index contributed by atoms with van der Waals surface area (Å²) in [6.07, 6.45) is 4.84. The standard InChI is InChI=1S/C21H31F3N4O2/c1-3-4-5-6-7-14(2)19(29)30-20-9-8-15(11-27-20)10-16(20)28-18-13-25-17(12-26-18)21(22,23)24/h12-16,27H,3-11H2,1-2H3,(H,26,28)/t14?,15-,16-,20+/m1/s1. The van der Waals surface area contributed by atoms with Crippen LogP contribution in [-0.2, 0) is 15.7 Å². The van der Waals surface area contributed by atoms with Crippen LogP contribution in [0.4, 0.5) is 19.0 Å². The zero-order valence-electron chi connectivity index (χ0n) is 17.6. The van der Waals surface area contributed by atoms with Crippen LogP contribution < -0.4 is 10.6 Å². The molecule has 9 heteroatoms. The zero-order chi connectivity index (χ0) is 21.8. The Morgan fingerprint density at radius 1 is 1.33 bits per heavy atom. The summed E-state index contributed by atoms with van der Waals surface area (Å²) in [5, 5.41) is 6.52. The lowest BCUT2D eigenvalue weighted by atomic mass is 9.75. The van der Waals surface area contributed by atoms with Gasteiger partial charge in [0, 0.05) is 13.0 Å². The molecule has 6 nitrogen and oxygen atoms in total. The molecule has 0 aromatic carbocycles. The molecule has 30 heavy (non-hydrogen) atoms. The molecule has 4 rings (SSSR count). The predicted molar refractivity (Wildman–Crippen MR) is 107 cm³/mol. The van der Waals surface area contributed by atoms with E-state index in [-0.39, 0.29) is 23.7 Å². The molecule has 168 valence electrons. The van der Waals surface area contributed by atoms with Gasteiger partial charge in [0.25, 0.3) is 0 Å². The Bertz CT molecular complexity index is 703. The molecule has 2 N–H and O–H groups in total. The maximum absolute atomic E-state index is 12.8. The Morgan fingerprint density at radius 2 is 2.13 bits per heavy atom. The van der Waals surface area contributed by atoms with Gasteiger partial charge in [-0.15, -0.1) is 0 Å². The zero-order valence-corrected chi connectivity index (χ0v) is 17.6. The normalized spacial score (nSPS) is 27.0. The summed E-state index contributed by atoms with van der Waals surface area (Å²) in [6, 6.07) is -0.271. The maximum atomic E-state index is 12.8. The number of carbonyl (C=O) groups excluding carboxylic acids is 1. The number of fused-ring (bicyclic) bond motifs is 3. The van der Waals surface area contributed by atoms with Crippen molar-refractivity contribution in [1.82, 2.24) is 15.3 Å². The first-order valence-corrected chi connectivity index (χ1v) is 10.9. The Morgan fingerprint density at radius 3 is 2.73 bits per heavy atom. The first-order chi connectivity index (χ1) is 14.2. The first kappa shape index (κ1) is 22.8. The van der Waals surface area contributed by atoms with E-state index in [1.54, 1.807) is 0 Å². The van der Waals surface area contributed by atoms with Gasteiger partial charge in [-0.3, -0.25) is 10.1 Å². The number of anilines is 1. The molecule has 4 atom stereocenters. The summed E-state index contributed by atoms with van der Waals surface area (Å²) in [7, 11) is 0. The van der Waals surface area contributed by atoms with Gasteiger partial charge >= 0.3 is 12.1 Å². The van der Waals surface area contributed by atoms with Gasteiger partial charge in [-0.25, -0.2) is 9.97 Å². The van der Waals surface area contributed by atoms with Crippen LogP contribution >= 0.6 is 0 Å². The van der Waals surface area contributed by atoms with Crippen LogP contribution in [0.3, 0.4) is 0 Å². The van der Waals surface area contributed by atoms with Crippen molar-refractivity contribution in [3.63, 3.8) is 0 Å². The molecule has 1 unspecified atom stereocenters. The Labute approximate surface area is 175 Å². The number of ether oxygens (including phenoxy) is 1. The van der Waals surface area contributed by atoms with Crippen molar-refractivity contribution in [2.75, 3.05) is 11.9 Å². The Hall–Kier alpha value is -1.90. The van der Waals surface area contributed by atoms with Crippen molar-refractivity contribution in [2.45, 2.75) is 83.2 Å². The summed E-state index contributed by atoms with van der Waals surface area (Å²) in [5.41, 5.74) is -1.90. The van der Waals surface area contributed by atoms with Gasteiger partial charge in [0.1, 0.15) is 5.82 Å². The van der Waals surface area contributed by atoms with E-state index in [9.17, 15) is 18.0 Å². The van der Waals surface area contributed by atoms with E-state index >= 15 is 0 Å². The van der Waals surface area contributed by atoms with E-state index < -0.39 is 17.6 Å². The van der Waals surface area contributed by atoms with Gasteiger partial charge in [-0.2, -0.15) is 13.2 Å². The summed E-state index contributed by atoms with van der Waals surface area (Å²) >= 11 is 0. The number of esters is 1. The third-order valence-electron chi connectivity index (χ3n) is 6.19. The van der Waals surface area contributed by atoms with E-state index in [0.717, 1.165) is 57.7 Å². The number of unbranched alkanes of at least 4 members (excludes halogenated alkanes) is 3. The van der Waals surface area contributed by atoms with Crippen LogP contribution in [-0.4, -0.2) is 34.2 Å². The minimum atomic E-state index is -4.53. The van der Waals surface area contributed by atoms with Crippen LogP contribution in [0.25, 0.3) is 0 Å². The number of piperidine rings is 2. The lowest BCUT2D eigenvalue weighted by Gasteiger charge is -2.52. The van der Waals surface area contributed by atoms with Gasteiger partial charge in [-0.05, 0) is 25.2 Å². The molecular formula is C21H31F3N4O2. The lowest BCUT2D eigenvalue weighted by molar-refractivity contribution is -0.182. The molecule has 0 radical (unpaired) electrons. The molecule has 3 fully saturated rings. The summed E-state index contributed by atoms with van der Waals surface area (Å²) in [6.45, 7) is 4.80. The minimum absolute atomic E-state index is 0.191. The molecule has 2 saturated heterocycles. The van der Waals surface area contributed by atoms with Gasteiger partial charge in [0.05, 0.1) is 24.4 Å². The SMILES string of the molecule is CCCCCCC(C)C(=O)O[C@]12CC[C@@H](CN1)C[C@H]2Nc1cnc(C(F)(F)F)cn1. The number of aromatic nitrogens is 2. The summed E-state index contributed by atoms with van der Waals surface area (Å²) in [5.74, 6) is 0.246. The maximum Gasteiger partial charge on any atom is 0.434 e. The van der Waals surface area contributed by atoms with Crippen LogP contribution in [0.5, 0.6) is 0 Å². The number of halogens is 3. The average Bonchev–Trinajstić information content (AvgIpc) is 2.72. The largest absolute Gasteiger partial charge is 0.441 e. The van der Waals surface area contributed by atoms with Crippen molar-refractivity contribution >= 4 is 11.8 Å². The van der Waals surface area contributed by atoms with Crippen LogP contribution in [0.1, 0.15) is 70.9 Å². The van der Waals surface area contributed by atoms with Gasteiger partial charge < -0.3 is 10.1 Å². The molecule has 1 aromatic rings.